The van der Waals surface area contributed by atoms with Crippen LogP contribution in [0.25, 0.3) is 11.0 Å². The van der Waals surface area contributed by atoms with Gasteiger partial charge >= 0.3 is 0 Å². The molecule has 0 unspecified atom stereocenters. The van der Waals surface area contributed by atoms with Crippen LogP contribution in [0.15, 0.2) is 60.7 Å². The zero-order chi connectivity index (χ0) is 25.5. The number of unbranched alkanes of at least 4 members (excludes halogenated alkanes) is 2. The third-order valence-corrected chi connectivity index (χ3v) is 6.80. The van der Waals surface area contributed by atoms with E-state index in [1.165, 1.54) is 12.1 Å². The number of imidazole rings is 1. The van der Waals surface area contributed by atoms with Crippen LogP contribution in [0.5, 0.6) is 5.75 Å². The minimum atomic E-state index is -0.501. The first kappa shape index (κ1) is 25.7. The number of halogens is 2. The number of rotatable bonds is 11. The molecule has 0 bridgehead atoms. The molecule has 4 rings (SSSR count). The van der Waals surface area contributed by atoms with Gasteiger partial charge in [0.25, 0.3) is 5.91 Å². The van der Waals surface area contributed by atoms with Crippen LogP contribution in [0.4, 0.5) is 4.39 Å². The number of ether oxygens (including phenoxy) is 1. The highest BCUT2D eigenvalue weighted by molar-refractivity contribution is 6.32. The monoisotopic (exact) mass is 507 g/mol. The number of hydrogen-bond acceptors (Lipinski definition) is 3. The maximum absolute atomic E-state index is 13.7. The molecule has 0 saturated carbocycles. The predicted molar refractivity (Wildman–Crippen MR) is 142 cm³/mol. The van der Waals surface area contributed by atoms with E-state index in [4.69, 9.17) is 21.3 Å². The Morgan fingerprint density at radius 1 is 1.03 bits per heavy atom. The van der Waals surface area contributed by atoms with Gasteiger partial charge in [-0.15, -0.1) is 0 Å². The van der Waals surface area contributed by atoms with Gasteiger partial charge in [0.2, 0.25) is 0 Å². The summed E-state index contributed by atoms with van der Waals surface area (Å²) in [6, 6.07) is 18.1. The summed E-state index contributed by atoms with van der Waals surface area (Å²) >= 11 is 6.28. The number of carbonyl (C=O) groups is 1. The number of amides is 1. The van der Waals surface area contributed by atoms with E-state index in [0.717, 1.165) is 64.4 Å². The molecule has 1 amide bonds. The Hall–Kier alpha value is -3.38. The Bertz CT molecular complexity index is 1330. The summed E-state index contributed by atoms with van der Waals surface area (Å²) in [7, 11) is 0. The highest BCUT2D eigenvalue weighted by atomic mass is 35.5. The second kappa shape index (κ2) is 12.0. The van der Waals surface area contributed by atoms with Crippen molar-refractivity contribution in [1.82, 2.24) is 14.9 Å². The summed E-state index contributed by atoms with van der Waals surface area (Å²) in [5, 5.41) is 3.58. The molecule has 36 heavy (non-hydrogen) atoms. The van der Waals surface area contributed by atoms with Gasteiger partial charge in [-0.1, -0.05) is 42.3 Å². The van der Waals surface area contributed by atoms with Crippen LogP contribution < -0.4 is 10.1 Å². The molecule has 0 atom stereocenters. The smallest absolute Gasteiger partial charge is 0.254 e. The largest absolute Gasteiger partial charge is 0.492 e. The molecule has 1 aromatic heterocycles. The van der Waals surface area contributed by atoms with Crippen molar-refractivity contribution in [2.75, 3.05) is 13.2 Å². The first-order chi connectivity index (χ1) is 17.4. The minimum absolute atomic E-state index is 0.0809. The van der Waals surface area contributed by atoms with E-state index in [1.807, 2.05) is 44.2 Å². The summed E-state index contributed by atoms with van der Waals surface area (Å²) < 4.78 is 22.0. The molecule has 0 saturated heterocycles. The number of nitrogens with one attached hydrogen (secondary N) is 1. The molecule has 0 aliphatic rings. The Kier molecular flexibility index (Phi) is 8.60. The summed E-state index contributed by atoms with van der Waals surface area (Å²) in [6.45, 7) is 5.69. The number of nitrogens with zero attached hydrogens (tertiary/aromatic N) is 2. The standard InChI is InChI=1S/C29H31ClFN3O2/c1-20-18-22(19-21(2)28(20)30)36-17-16-34-26-13-8-7-12-25(26)33-27(34)14-4-3-9-15-32-29(35)23-10-5-6-11-24(23)31/h5-8,10-13,18-19H,3-4,9,14-17H2,1-2H3,(H,32,35). The molecular weight excluding hydrogens is 477 g/mol. The van der Waals surface area contributed by atoms with Crippen LogP contribution >= 0.6 is 11.6 Å². The van der Waals surface area contributed by atoms with E-state index in [-0.39, 0.29) is 11.5 Å². The lowest BCUT2D eigenvalue weighted by Gasteiger charge is -2.13. The van der Waals surface area contributed by atoms with Gasteiger partial charge in [-0.2, -0.15) is 0 Å². The van der Waals surface area contributed by atoms with Gasteiger partial charge in [-0.25, -0.2) is 9.37 Å². The molecule has 3 aromatic carbocycles. The minimum Gasteiger partial charge on any atom is -0.492 e. The van der Waals surface area contributed by atoms with Gasteiger partial charge in [0, 0.05) is 18.0 Å². The third-order valence-electron chi connectivity index (χ3n) is 6.21. The Morgan fingerprint density at radius 2 is 1.75 bits per heavy atom. The lowest BCUT2D eigenvalue weighted by molar-refractivity contribution is 0.0949. The molecular formula is C29H31ClFN3O2. The number of carbonyl (C=O) groups excluding carboxylic acids is 1. The van der Waals surface area contributed by atoms with Gasteiger partial charge < -0.3 is 14.6 Å². The van der Waals surface area contributed by atoms with E-state index in [2.05, 4.69) is 16.0 Å². The quantitative estimate of drug-likeness (QED) is 0.231. The number of aryl methyl sites for hydroxylation is 3. The molecule has 4 aromatic rings. The molecule has 0 fully saturated rings. The zero-order valence-corrected chi connectivity index (χ0v) is 21.4. The van der Waals surface area contributed by atoms with Gasteiger partial charge in [0.1, 0.15) is 24.0 Å². The Morgan fingerprint density at radius 3 is 2.53 bits per heavy atom. The predicted octanol–water partition coefficient (Wildman–Crippen LogP) is 6.67. The highest BCUT2D eigenvalue weighted by Gasteiger charge is 2.12. The molecule has 7 heteroatoms. The second-order valence-corrected chi connectivity index (χ2v) is 9.31. The van der Waals surface area contributed by atoms with E-state index >= 15 is 0 Å². The van der Waals surface area contributed by atoms with E-state index in [9.17, 15) is 9.18 Å². The van der Waals surface area contributed by atoms with Crippen molar-refractivity contribution in [3.8, 4) is 5.75 Å². The van der Waals surface area contributed by atoms with Gasteiger partial charge in [0.15, 0.2) is 0 Å². The highest BCUT2D eigenvalue weighted by Crippen LogP contribution is 2.26. The van der Waals surface area contributed by atoms with Gasteiger partial charge in [-0.3, -0.25) is 4.79 Å². The van der Waals surface area contributed by atoms with E-state index in [1.54, 1.807) is 12.1 Å². The maximum Gasteiger partial charge on any atom is 0.254 e. The topological polar surface area (TPSA) is 56.1 Å². The van der Waals surface area contributed by atoms with Crippen molar-refractivity contribution < 1.29 is 13.9 Å². The van der Waals surface area contributed by atoms with Crippen molar-refractivity contribution in [1.29, 1.82) is 0 Å². The number of para-hydroxylation sites is 2. The van der Waals surface area contributed by atoms with Crippen LogP contribution in [-0.4, -0.2) is 28.6 Å². The molecule has 1 heterocycles. The van der Waals surface area contributed by atoms with E-state index < -0.39 is 5.82 Å². The van der Waals surface area contributed by atoms with Gasteiger partial charge in [0.05, 0.1) is 23.1 Å². The molecule has 188 valence electrons. The summed E-state index contributed by atoms with van der Waals surface area (Å²) in [4.78, 5) is 17.0. The Labute approximate surface area is 216 Å². The normalized spacial score (nSPS) is 11.1. The molecule has 0 aliphatic carbocycles. The molecule has 0 aliphatic heterocycles. The number of benzene rings is 3. The van der Waals surface area contributed by atoms with Crippen molar-refractivity contribution >= 4 is 28.5 Å². The lowest BCUT2D eigenvalue weighted by atomic mass is 10.1. The van der Waals surface area contributed by atoms with Crippen molar-refractivity contribution in [2.45, 2.75) is 46.1 Å². The zero-order valence-electron chi connectivity index (χ0n) is 20.7. The van der Waals surface area contributed by atoms with Crippen LogP contribution in [-0.2, 0) is 13.0 Å². The Balaban J connectivity index is 1.30. The fourth-order valence-corrected chi connectivity index (χ4v) is 4.45. The van der Waals surface area contributed by atoms with Crippen molar-refractivity contribution in [3.63, 3.8) is 0 Å². The fourth-order valence-electron chi connectivity index (χ4n) is 4.34. The van der Waals surface area contributed by atoms with Crippen LogP contribution in [0.2, 0.25) is 5.02 Å². The van der Waals surface area contributed by atoms with Crippen molar-refractivity contribution in [3.05, 3.63) is 94.0 Å². The number of fused-ring (bicyclic) bond motifs is 1. The summed E-state index contributed by atoms with van der Waals surface area (Å²) in [5.41, 5.74) is 4.16. The first-order valence-corrected chi connectivity index (χ1v) is 12.7. The second-order valence-electron chi connectivity index (χ2n) is 8.93. The van der Waals surface area contributed by atoms with Crippen molar-refractivity contribution in [2.24, 2.45) is 0 Å². The van der Waals surface area contributed by atoms with Crippen LogP contribution in [0.3, 0.4) is 0 Å². The number of hydrogen-bond donors (Lipinski definition) is 1. The number of aromatic nitrogens is 2. The van der Waals surface area contributed by atoms with E-state index in [0.29, 0.717) is 19.7 Å². The molecule has 0 radical (unpaired) electrons. The van der Waals surface area contributed by atoms with Crippen LogP contribution in [0, 0.1) is 19.7 Å². The maximum atomic E-state index is 13.7. The molecule has 5 nitrogen and oxygen atoms in total. The average molecular weight is 508 g/mol. The third kappa shape index (κ3) is 6.24. The first-order valence-electron chi connectivity index (χ1n) is 12.3. The average Bonchev–Trinajstić information content (AvgIpc) is 3.22. The molecule has 1 N–H and O–H groups in total. The molecule has 0 spiro atoms. The summed E-state index contributed by atoms with van der Waals surface area (Å²) in [5.74, 6) is 0.969. The lowest BCUT2D eigenvalue weighted by Crippen LogP contribution is -2.25. The van der Waals surface area contributed by atoms with Gasteiger partial charge in [-0.05, 0) is 74.2 Å². The SMILES string of the molecule is Cc1cc(OCCn2c(CCCCCNC(=O)c3ccccc3F)nc3ccccc32)cc(C)c1Cl. The van der Waals surface area contributed by atoms with Crippen LogP contribution in [0.1, 0.15) is 46.6 Å². The fraction of sp³-hybridized carbons (Fsp3) is 0.310. The summed E-state index contributed by atoms with van der Waals surface area (Å²) in [6.07, 6.45) is 3.52.